The highest BCUT2D eigenvalue weighted by Gasteiger charge is 2.38. The summed E-state index contributed by atoms with van der Waals surface area (Å²) in [5.74, 6) is 2.02. The Kier molecular flexibility index (Phi) is 1.55. The Labute approximate surface area is 72.7 Å². The lowest BCUT2D eigenvalue weighted by atomic mass is 10.1. The molecule has 1 aromatic heterocycles. The van der Waals surface area contributed by atoms with E-state index >= 15 is 0 Å². The minimum Gasteiger partial charge on any atom is -0.466 e. The lowest BCUT2D eigenvalue weighted by Gasteiger charge is -2.05. The molecule has 0 radical (unpaired) electrons. The van der Waals surface area contributed by atoms with E-state index in [-0.39, 0.29) is 5.54 Å². The van der Waals surface area contributed by atoms with Gasteiger partial charge in [0.15, 0.2) is 0 Å². The van der Waals surface area contributed by atoms with Gasteiger partial charge in [-0.2, -0.15) is 0 Å². The molecule has 0 spiro atoms. The second-order valence-electron chi connectivity index (χ2n) is 3.98. The van der Waals surface area contributed by atoms with Gasteiger partial charge in [-0.1, -0.05) is 0 Å². The van der Waals surface area contributed by atoms with E-state index in [4.69, 9.17) is 10.2 Å². The fourth-order valence-corrected chi connectivity index (χ4v) is 1.58. The molecular formula is C10H15NO. The summed E-state index contributed by atoms with van der Waals surface area (Å²) in [5, 5.41) is 0. The number of hydrogen-bond donors (Lipinski definition) is 1. The van der Waals surface area contributed by atoms with Gasteiger partial charge in [0.05, 0.1) is 0 Å². The molecule has 1 saturated carbocycles. The molecule has 1 aliphatic rings. The maximum atomic E-state index is 6.02. The van der Waals surface area contributed by atoms with Crippen LogP contribution in [0.15, 0.2) is 10.5 Å². The normalized spacial score (nSPS) is 19.6. The first-order valence-electron chi connectivity index (χ1n) is 4.44. The predicted molar refractivity (Wildman–Crippen MR) is 48.0 cm³/mol. The van der Waals surface area contributed by atoms with Gasteiger partial charge in [0.25, 0.3) is 0 Å². The van der Waals surface area contributed by atoms with Crippen molar-refractivity contribution in [3.63, 3.8) is 0 Å². The van der Waals surface area contributed by atoms with Crippen LogP contribution in [0, 0.1) is 13.8 Å². The van der Waals surface area contributed by atoms with Gasteiger partial charge in [-0.25, -0.2) is 0 Å². The van der Waals surface area contributed by atoms with Crippen LogP contribution in [0.1, 0.15) is 29.9 Å². The van der Waals surface area contributed by atoms with Crippen molar-refractivity contribution in [2.75, 3.05) is 0 Å². The Hall–Kier alpha value is -0.760. The Morgan fingerprint density at radius 1 is 1.50 bits per heavy atom. The number of nitrogens with two attached hydrogens (primary N) is 1. The van der Waals surface area contributed by atoms with Gasteiger partial charge in [0.1, 0.15) is 11.5 Å². The quantitative estimate of drug-likeness (QED) is 0.727. The maximum Gasteiger partial charge on any atom is 0.104 e. The third-order valence-corrected chi connectivity index (χ3v) is 2.58. The van der Waals surface area contributed by atoms with Crippen molar-refractivity contribution in [2.24, 2.45) is 5.73 Å². The van der Waals surface area contributed by atoms with Crippen LogP contribution in [0.4, 0.5) is 0 Å². The van der Waals surface area contributed by atoms with Gasteiger partial charge in [0, 0.05) is 5.54 Å². The third kappa shape index (κ3) is 1.39. The van der Waals surface area contributed by atoms with Crippen LogP contribution >= 0.6 is 0 Å². The van der Waals surface area contributed by atoms with Crippen LogP contribution in [0.5, 0.6) is 0 Å². The van der Waals surface area contributed by atoms with Crippen molar-refractivity contribution >= 4 is 0 Å². The number of hydrogen-bond acceptors (Lipinski definition) is 2. The number of rotatable bonds is 2. The molecule has 0 unspecified atom stereocenters. The summed E-state index contributed by atoms with van der Waals surface area (Å²) < 4.78 is 5.43. The van der Waals surface area contributed by atoms with Gasteiger partial charge in [-0.3, -0.25) is 0 Å². The van der Waals surface area contributed by atoms with E-state index in [0.29, 0.717) is 0 Å². The zero-order valence-electron chi connectivity index (χ0n) is 7.68. The predicted octanol–water partition coefficient (Wildman–Crippen LogP) is 1.93. The highest BCUT2D eigenvalue weighted by molar-refractivity contribution is 5.24. The van der Waals surface area contributed by atoms with Gasteiger partial charge < -0.3 is 10.2 Å². The van der Waals surface area contributed by atoms with Gasteiger partial charge >= 0.3 is 0 Å². The second-order valence-corrected chi connectivity index (χ2v) is 3.98. The molecule has 0 amide bonds. The molecule has 1 aliphatic carbocycles. The molecule has 1 fully saturated rings. The molecule has 2 nitrogen and oxygen atoms in total. The molecule has 0 aromatic carbocycles. The SMILES string of the molecule is Cc1cc(CC2(N)CC2)c(C)o1. The first-order valence-corrected chi connectivity index (χ1v) is 4.44. The fraction of sp³-hybridized carbons (Fsp3) is 0.600. The Morgan fingerprint density at radius 2 is 2.17 bits per heavy atom. The van der Waals surface area contributed by atoms with Crippen LogP contribution in [0.3, 0.4) is 0 Å². The van der Waals surface area contributed by atoms with E-state index in [1.165, 1.54) is 5.56 Å². The van der Waals surface area contributed by atoms with Crippen molar-refractivity contribution in [3.05, 3.63) is 23.2 Å². The molecule has 2 heteroatoms. The Balaban J connectivity index is 2.17. The van der Waals surface area contributed by atoms with E-state index in [1.807, 2.05) is 13.8 Å². The molecule has 12 heavy (non-hydrogen) atoms. The van der Waals surface area contributed by atoms with E-state index in [9.17, 15) is 0 Å². The number of furan rings is 1. The van der Waals surface area contributed by atoms with Crippen molar-refractivity contribution in [1.29, 1.82) is 0 Å². The molecule has 1 aromatic rings. The molecule has 0 atom stereocenters. The van der Waals surface area contributed by atoms with E-state index in [2.05, 4.69) is 6.07 Å². The highest BCUT2D eigenvalue weighted by Crippen LogP contribution is 2.36. The second kappa shape index (κ2) is 2.36. The van der Waals surface area contributed by atoms with E-state index in [1.54, 1.807) is 0 Å². The zero-order chi connectivity index (χ0) is 8.77. The van der Waals surface area contributed by atoms with Gasteiger partial charge in [-0.15, -0.1) is 0 Å². The average Bonchev–Trinajstić information content (AvgIpc) is 2.58. The summed E-state index contributed by atoms with van der Waals surface area (Å²) >= 11 is 0. The Bertz CT molecular complexity index is 297. The molecule has 0 saturated heterocycles. The third-order valence-electron chi connectivity index (χ3n) is 2.58. The molecule has 2 N–H and O–H groups in total. The zero-order valence-corrected chi connectivity index (χ0v) is 7.68. The summed E-state index contributed by atoms with van der Waals surface area (Å²) in [5.41, 5.74) is 7.40. The van der Waals surface area contributed by atoms with Crippen LogP contribution in [0.2, 0.25) is 0 Å². The van der Waals surface area contributed by atoms with E-state index in [0.717, 1.165) is 30.8 Å². The minimum atomic E-state index is 0.0983. The summed E-state index contributed by atoms with van der Waals surface area (Å²) in [4.78, 5) is 0. The van der Waals surface area contributed by atoms with Gasteiger partial charge in [0.2, 0.25) is 0 Å². The van der Waals surface area contributed by atoms with Crippen molar-refractivity contribution in [2.45, 2.75) is 38.6 Å². The fourth-order valence-electron chi connectivity index (χ4n) is 1.58. The smallest absolute Gasteiger partial charge is 0.104 e. The summed E-state index contributed by atoms with van der Waals surface area (Å²) in [6, 6.07) is 2.10. The number of aryl methyl sites for hydroxylation is 2. The first-order chi connectivity index (χ1) is 5.59. The van der Waals surface area contributed by atoms with Crippen LogP contribution in [-0.2, 0) is 6.42 Å². The van der Waals surface area contributed by atoms with Crippen molar-refractivity contribution in [3.8, 4) is 0 Å². The van der Waals surface area contributed by atoms with Crippen LogP contribution in [0.25, 0.3) is 0 Å². The lowest BCUT2D eigenvalue weighted by Crippen LogP contribution is -2.24. The van der Waals surface area contributed by atoms with Crippen molar-refractivity contribution in [1.82, 2.24) is 0 Å². The molecule has 0 aliphatic heterocycles. The summed E-state index contributed by atoms with van der Waals surface area (Å²) in [7, 11) is 0. The van der Waals surface area contributed by atoms with E-state index < -0.39 is 0 Å². The summed E-state index contributed by atoms with van der Waals surface area (Å²) in [6.07, 6.45) is 3.31. The highest BCUT2D eigenvalue weighted by atomic mass is 16.3. The summed E-state index contributed by atoms with van der Waals surface area (Å²) in [6.45, 7) is 3.99. The van der Waals surface area contributed by atoms with Gasteiger partial charge in [-0.05, 0) is 44.7 Å². The largest absolute Gasteiger partial charge is 0.466 e. The lowest BCUT2D eigenvalue weighted by molar-refractivity contribution is 0.498. The van der Waals surface area contributed by atoms with Crippen LogP contribution in [-0.4, -0.2) is 5.54 Å². The van der Waals surface area contributed by atoms with Crippen LogP contribution < -0.4 is 5.73 Å². The molecule has 66 valence electrons. The first kappa shape index (κ1) is 7.87. The molecule has 0 bridgehead atoms. The average molecular weight is 165 g/mol. The maximum absolute atomic E-state index is 6.02. The Morgan fingerprint density at radius 3 is 2.58 bits per heavy atom. The van der Waals surface area contributed by atoms with Crippen molar-refractivity contribution < 1.29 is 4.42 Å². The molecule has 1 heterocycles. The topological polar surface area (TPSA) is 39.2 Å². The monoisotopic (exact) mass is 165 g/mol. The standard InChI is InChI=1S/C10H15NO/c1-7-5-9(8(2)12-7)6-10(11)3-4-10/h5H,3-4,6,11H2,1-2H3. The molecular weight excluding hydrogens is 150 g/mol. The minimum absolute atomic E-state index is 0.0983. The molecule has 2 rings (SSSR count).